The van der Waals surface area contributed by atoms with Gasteiger partial charge in [0.05, 0.1) is 12.6 Å². The van der Waals surface area contributed by atoms with Gasteiger partial charge in [-0.25, -0.2) is 0 Å². The van der Waals surface area contributed by atoms with Crippen LogP contribution in [0.5, 0.6) is 0 Å². The molecule has 0 heterocycles. The molecule has 4 N–H and O–H groups in total. The molecule has 5 heteroatoms. The Morgan fingerprint density at radius 1 is 1.50 bits per heavy atom. The Labute approximate surface area is 122 Å². The SMILES string of the molecule is COCC(CCO)NC(=O)C1CCC(N)C(C)C1(C)C. The van der Waals surface area contributed by atoms with Gasteiger partial charge in [0, 0.05) is 25.7 Å². The Morgan fingerprint density at radius 3 is 2.70 bits per heavy atom. The molecule has 118 valence electrons. The van der Waals surface area contributed by atoms with Gasteiger partial charge in [0.2, 0.25) is 5.91 Å². The van der Waals surface area contributed by atoms with Crippen molar-refractivity contribution < 1.29 is 14.6 Å². The zero-order chi connectivity index (χ0) is 15.3. The number of carbonyl (C=O) groups excluding carboxylic acids is 1. The number of hydrogen-bond acceptors (Lipinski definition) is 4. The minimum atomic E-state index is -0.126. The molecule has 0 aromatic heterocycles. The highest BCUT2D eigenvalue weighted by atomic mass is 16.5. The Balaban J connectivity index is 2.70. The lowest BCUT2D eigenvalue weighted by molar-refractivity contribution is -0.133. The quantitative estimate of drug-likeness (QED) is 0.677. The largest absolute Gasteiger partial charge is 0.396 e. The fourth-order valence-corrected chi connectivity index (χ4v) is 3.18. The minimum Gasteiger partial charge on any atom is -0.396 e. The molecule has 0 aromatic carbocycles. The molecule has 1 amide bonds. The van der Waals surface area contributed by atoms with E-state index >= 15 is 0 Å². The van der Waals surface area contributed by atoms with Crippen molar-refractivity contribution in [1.82, 2.24) is 5.32 Å². The lowest BCUT2D eigenvalue weighted by Crippen LogP contribution is -2.53. The van der Waals surface area contributed by atoms with E-state index in [0.717, 1.165) is 12.8 Å². The molecule has 20 heavy (non-hydrogen) atoms. The van der Waals surface area contributed by atoms with Crippen LogP contribution in [0.4, 0.5) is 0 Å². The van der Waals surface area contributed by atoms with Gasteiger partial charge in [-0.3, -0.25) is 4.79 Å². The molecule has 4 unspecified atom stereocenters. The molecule has 0 bridgehead atoms. The number of ether oxygens (including phenoxy) is 1. The van der Waals surface area contributed by atoms with Crippen molar-refractivity contribution in [3.63, 3.8) is 0 Å². The lowest BCUT2D eigenvalue weighted by Gasteiger charge is -2.46. The first kappa shape index (κ1) is 17.4. The summed E-state index contributed by atoms with van der Waals surface area (Å²) in [4.78, 5) is 12.5. The van der Waals surface area contributed by atoms with Gasteiger partial charge in [-0.2, -0.15) is 0 Å². The van der Waals surface area contributed by atoms with Gasteiger partial charge >= 0.3 is 0 Å². The molecule has 1 fully saturated rings. The molecule has 0 spiro atoms. The van der Waals surface area contributed by atoms with Crippen molar-refractivity contribution >= 4 is 5.91 Å². The summed E-state index contributed by atoms with van der Waals surface area (Å²) in [5.41, 5.74) is 6.02. The second kappa shape index (κ2) is 7.38. The number of rotatable bonds is 6. The number of methoxy groups -OCH3 is 1. The number of amides is 1. The van der Waals surface area contributed by atoms with Gasteiger partial charge in [-0.1, -0.05) is 20.8 Å². The van der Waals surface area contributed by atoms with Crippen molar-refractivity contribution in [2.45, 2.75) is 52.1 Å². The number of carbonyl (C=O) groups is 1. The first-order chi connectivity index (χ1) is 9.34. The van der Waals surface area contributed by atoms with Gasteiger partial charge < -0.3 is 20.9 Å². The second-order valence-electron chi connectivity index (χ2n) is 6.58. The highest BCUT2D eigenvalue weighted by Crippen LogP contribution is 2.44. The maximum absolute atomic E-state index is 12.5. The summed E-state index contributed by atoms with van der Waals surface area (Å²) in [6.07, 6.45) is 2.22. The molecular weight excluding hydrogens is 256 g/mol. The monoisotopic (exact) mass is 286 g/mol. The summed E-state index contributed by atoms with van der Waals surface area (Å²) in [5.74, 6) is 0.338. The number of aliphatic hydroxyl groups is 1. The molecule has 1 aliphatic rings. The van der Waals surface area contributed by atoms with E-state index in [1.54, 1.807) is 7.11 Å². The third-order valence-electron chi connectivity index (χ3n) is 5.01. The number of hydrogen-bond donors (Lipinski definition) is 3. The van der Waals surface area contributed by atoms with Crippen molar-refractivity contribution in [3.8, 4) is 0 Å². The van der Waals surface area contributed by atoms with E-state index in [9.17, 15) is 4.79 Å². The third kappa shape index (κ3) is 3.93. The molecule has 0 saturated heterocycles. The smallest absolute Gasteiger partial charge is 0.223 e. The maximum atomic E-state index is 12.5. The molecule has 0 radical (unpaired) electrons. The van der Waals surface area contributed by atoms with Crippen LogP contribution in [0, 0.1) is 17.3 Å². The summed E-state index contributed by atoms with van der Waals surface area (Å²) < 4.78 is 5.09. The molecule has 0 aliphatic heterocycles. The van der Waals surface area contributed by atoms with Crippen molar-refractivity contribution in [2.24, 2.45) is 23.0 Å². The second-order valence-corrected chi connectivity index (χ2v) is 6.58. The van der Waals surface area contributed by atoms with Crippen LogP contribution >= 0.6 is 0 Å². The Kier molecular flexibility index (Phi) is 6.43. The van der Waals surface area contributed by atoms with E-state index in [1.807, 2.05) is 0 Å². The van der Waals surface area contributed by atoms with Crippen LogP contribution in [0.2, 0.25) is 0 Å². The Hall–Kier alpha value is -0.650. The van der Waals surface area contributed by atoms with E-state index < -0.39 is 0 Å². The van der Waals surface area contributed by atoms with Gasteiger partial charge in [-0.05, 0) is 30.6 Å². The number of nitrogens with two attached hydrogens (primary N) is 1. The van der Waals surface area contributed by atoms with E-state index in [-0.39, 0.29) is 35.9 Å². The van der Waals surface area contributed by atoms with Crippen molar-refractivity contribution in [1.29, 1.82) is 0 Å². The van der Waals surface area contributed by atoms with Crippen molar-refractivity contribution in [3.05, 3.63) is 0 Å². The first-order valence-corrected chi connectivity index (χ1v) is 7.50. The van der Waals surface area contributed by atoms with Crippen LogP contribution in [-0.2, 0) is 9.53 Å². The van der Waals surface area contributed by atoms with Crippen LogP contribution in [0.1, 0.15) is 40.0 Å². The average molecular weight is 286 g/mol. The van der Waals surface area contributed by atoms with E-state index in [2.05, 4.69) is 26.1 Å². The topological polar surface area (TPSA) is 84.6 Å². The summed E-state index contributed by atoms with van der Waals surface area (Å²) in [6, 6.07) is 0.0421. The van der Waals surface area contributed by atoms with E-state index in [1.165, 1.54) is 0 Å². The lowest BCUT2D eigenvalue weighted by atomic mass is 9.61. The van der Waals surface area contributed by atoms with E-state index in [0.29, 0.717) is 18.9 Å². The Bertz CT molecular complexity index is 314. The Morgan fingerprint density at radius 2 is 2.15 bits per heavy atom. The van der Waals surface area contributed by atoms with E-state index in [4.69, 9.17) is 15.6 Å². The minimum absolute atomic E-state index is 0.0321. The molecule has 1 aliphatic carbocycles. The van der Waals surface area contributed by atoms with Crippen LogP contribution in [0.15, 0.2) is 0 Å². The van der Waals surface area contributed by atoms with Crippen LogP contribution in [0.25, 0.3) is 0 Å². The molecule has 4 atom stereocenters. The van der Waals surface area contributed by atoms with Gasteiger partial charge in [0.25, 0.3) is 0 Å². The van der Waals surface area contributed by atoms with Crippen LogP contribution < -0.4 is 11.1 Å². The predicted octanol–water partition coefficient (Wildman–Crippen LogP) is 0.900. The van der Waals surface area contributed by atoms with Crippen LogP contribution in [0.3, 0.4) is 0 Å². The fraction of sp³-hybridized carbons (Fsp3) is 0.933. The molecule has 1 saturated carbocycles. The molecule has 5 nitrogen and oxygen atoms in total. The van der Waals surface area contributed by atoms with Crippen LogP contribution in [-0.4, -0.2) is 43.4 Å². The summed E-state index contributed by atoms with van der Waals surface area (Å²) in [6.45, 7) is 6.85. The summed E-state index contributed by atoms with van der Waals surface area (Å²) >= 11 is 0. The predicted molar refractivity (Wildman–Crippen MR) is 79.2 cm³/mol. The molecule has 1 rings (SSSR count). The number of nitrogens with one attached hydrogen (secondary N) is 1. The summed E-state index contributed by atoms with van der Waals surface area (Å²) in [5, 5.41) is 12.1. The zero-order valence-electron chi connectivity index (χ0n) is 13.2. The fourth-order valence-electron chi connectivity index (χ4n) is 3.18. The zero-order valence-corrected chi connectivity index (χ0v) is 13.2. The van der Waals surface area contributed by atoms with Gasteiger partial charge in [-0.15, -0.1) is 0 Å². The van der Waals surface area contributed by atoms with Gasteiger partial charge in [0.15, 0.2) is 0 Å². The highest BCUT2D eigenvalue weighted by Gasteiger charge is 2.45. The number of aliphatic hydroxyl groups excluding tert-OH is 1. The molecular formula is C15H30N2O3. The molecule has 0 aromatic rings. The third-order valence-corrected chi connectivity index (χ3v) is 5.01. The highest BCUT2D eigenvalue weighted by molar-refractivity contribution is 5.80. The maximum Gasteiger partial charge on any atom is 0.223 e. The summed E-state index contributed by atoms with van der Waals surface area (Å²) in [7, 11) is 1.60. The normalized spacial score (nSPS) is 30.8. The standard InChI is InChI=1S/C15H30N2O3/c1-10-13(16)6-5-12(15(10,2)3)14(19)17-11(7-8-18)9-20-4/h10-13,18H,5-9,16H2,1-4H3,(H,17,19). The first-order valence-electron chi connectivity index (χ1n) is 7.50. The van der Waals surface area contributed by atoms with Crippen molar-refractivity contribution in [2.75, 3.05) is 20.3 Å². The average Bonchev–Trinajstić information content (AvgIpc) is 2.36. The van der Waals surface area contributed by atoms with Gasteiger partial charge in [0.1, 0.15) is 0 Å².